The molecule has 0 atom stereocenters. The van der Waals surface area contributed by atoms with E-state index >= 15 is 0 Å². The summed E-state index contributed by atoms with van der Waals surface area (Å²) in [5.41, 5.74) is 1.78. The molecule has 0 aliphatic rings. The number of aromatic hydroxyl groups is 1. The van der Waals surface area contributed by atoms with Crippen LogP contribution in [0.25, 0.3) is 34.2 Å². The van der Waals surface area contributed by atoms with E-state index in [0.29, 0.717) is 113 Å². The number of rotatable bonds is 20. The van der Waals surface area contributed by atoms with E-state index in [0.717, 1.165) is 25.7 Å². The van der Waals surface area contributed by atoms with Gasteiger partial charge < -0.3 is 28.8 Å². The maximum absolute atomic E-state index is 11.3. The van der Waals surface area contributed by atoms with Crippen LogP contribution in [0, 0.1) is 23.7 Å². The van der Waals surface area contributed by atoms with Crippen LogP contribution >= 0.6 is 0 Å². The zero-order chi connectivity index (χ0) is 36.9. The van der Waals surface area contributed by atoms with Gasteiger partial charge in [0.1, 0.15) is 34.5 Å². The molecule has 9 nitrogen and oxygen atoms in total. The van der Waals surface area contributed by atoms with Crippen LogP contribution in [0.15, 0.2) is 54.6 Å². The standard InChI is InChI=1S/C42H57N3O6/c1-27(2)16-20-48-31-10-13-34(37(46)24-31)40-43-41(35-14-11-32(25-38(35)47-9)49-21-17-28(3)4)45-42(44-40)36-15-12-33(50-22-18-29(5)6)26-39(36)51-23-19-30(7)8/h10-15,24-30,46H,16-23H2,1-9H3. The van der Waals surface area contributed by atoms with E-state index in [1.165, 1.54) is 0 Å². The Kier molecular flexibility index (Phi) is 14.8. The van der Waals surface area contributed by atoms with Crippen LogP contribution in [0.3, 0.4) is 0 Å². The Labute approximate surface area is 304 Å². The first kappa shape index (κ1) is 39.3. The lowest BCUT2D eigenvalue weighted by Gasteiger charge is -2.16. The van der Waals surface area contributed by atoms with Gasteiger partial charge in [0.15, 0.2) is 17.5 Å². The highest BCUT2D eigenvalue weighted by Gasteiger charge is 2.21. The Hall–Kier alpha value is -4.53. The molecule has 3 aromatic carbocycles. The van der Waals surface area contributed by atoms with Gasteiger partial charge in [-0.25, -0.2) is 15.0 Å². The summed E-state index contributed by atoms with van der Waals surface area (Å²) < 4.78 is 30.3. The number of aromatic nitrogens is 3. The molecule has 1 heterocycles. The Bertz CT molecular complexity index is 1690. The zero-order valence-corrected chi connectivity index (χ0v) is 32.0. The third-order valence-electron chi connectivity index (χ3n) is 8.30. The molecule has 51 heavy (non-hydrogen) atoms. The molecule has 1 N–H and O–H groups in total. The summed E-state index contributed by atoms with van der Waals surface area (Å²) in [6.07, 6.45) is 3.68. The summed E-state index contributed by atoms with van der Waals surface area (Å²) in [6.45, 7) is 19.6. The second kappa shape index (κ2) is 19.2. The van der Waals surface area contributed by atoms with Crippen molar-refractivity contribution in [3.05, 3.63) is 54.6 Å². The molecule has 0 amide bonds. The molecule has 0 aliphatic carbocycles. The van der Waals surface area contributed by atoms with Crippen molar-refractivity contribution in [2.75, 3.05) is 33.5 Å². The minimum Gasteiger partial charge on any atom is -0.507 e. The highest BCUT2D eigenvalue weighted by Crippen LogP contribution is 2.38. The van der Waals surface area contributed by atoms with Crippen molar-refractivity contribution in [1.29, 1.82) is 0 Å². The van der Waals surface area contributed by atoms with Crippen LogP contribution < -0.4 is 23.7 Å². The van der Waals surface area contributed by atoms with Crippen LogP contribution in [0.2, 0.25) is 0 Å². The van der Waals surface area contributed by atoms with Crippen molar-refractivity contribution >= 4 is 0 Å². The number of ether oxygens (including phenoxy) is 5. The highest BCUT2D eigenvalue weighted by atomic mass is 16.5. The third-order valence-corrected chi connectivity index (χ3v) is 8.30. The average molecular weight is 700 g/mol. The van der Waals surface area contributed by atoms with E-state index in [2.05, 4.69) is 55.4 Å². The zero-order valence-electron chi connectivity index (χ0n) is 32.0. The lowest BCUT2D eigenvalue weighted by atomic mass is 10.1. The minimum atomic E-state index is 0.00307. The number of phenolic OH excluding ortho intramolecular Hbond substituents is 1. The Morgan fingerprint density at radius 1 is 0.471 bits per heavy atom. The topological polar surface area (TPSA) is 105 Å². The van der Waals surface area contributed by atoms with Gasteiger partial charge in [-0.15, -0.1) is 0 Å². The van der Waals surface area contributed by atoms with Gasteiger partial charge in [0.05, 0.1) is 50.2 Å². The van der Waals surface area contributed by atoms with E-state index in [1.54, 1.807) is 19.2 Å². The summed E-state index contributed by atoms with van der Waals surface area (Å²) in [4.78, 5) is 14.8. The number of phenols is 1. The molecule has 0 saturated heterocycles. The molecule has 276 valence electrons. The lowest BCUT2D eigenvalue weighted by molar-refractivity contribution is 0.276. The van der Waals surface area contributed by atoms with Gasteiger partial charge >= 0.3 is 0 Å². The van der Waals surface area contributed by atoms with Crippen molar-refractivity contribution in [3.8, 4) is 68.7 Å². The molecular weight excluding hydrogens is 642 g/mol. The van der Waals surface area contributed by atoms with Crippen molar-refractivity contribution in [3.63, 3.8) is 0 Å². The van der Waals surface area contributed by atoms with E-state index in [9.17, 15) is 5.11 Å². The number of methoxy groups -OCH3 is 1. The van der Waals surface area contributed by atoms with Gasteiger partial charge in [0.2, 0.25) is 0 Å². The fourth-order valence-corrected chi connectivity index (χ4v) is 5.01. The van der Waals surface area contributed by atoms with Crippen molar-refractivity contribution in [1.82, 2.24) is 15.0 Å². The number of benzene rings is 3. The second-order valence-corrected chi connectivity index (χ2v) is 14.6. The van der Waals surface area contributed by atoms with Gasteiger partial charge in [-0.2, -0.15) is 0 Å². The molecular formula is C42H57N3O6. The van der Waals surface area contributed by atoms with Gasteiger partial charge in [0.25, 0.3) is 0 Å². The van der Waals surface area contributed by atoms with Gasteiger partial charge in [0, 0.05) is 18.2 Å². The lowest BCUT2D eigenvalue weighted by Crippen LogP contribution is -2.06. The van der Waals surface area contributed by atoms with Crippen LogP contribution in [0.4, 0.5) is 0 Å². The maximum Gasteiger partial charge on any atom is 0.167 e. The van der Waals surface area contributed by atoms with E-state index < -0.39 is 0 Å². The molecule has 0 aliphatic heterocycles. The van der Waals surface area contributed by atoms with Crippen molar-refractivity contribution in [2.24, 2.45) is 23.7 Å². The molecule has 0 radical (unpaired) electrons. The van der Waals surface area contributed by atoms with Crippen LogP contribution in [-0.4, -0.2) is 53.6 Å². The van der Waals surface area contributed by atoms with E-state index in [-0.39, 0.29) is 5.75 Å². The fraction of sp³-hybridized carbons (Fsp3) is 0.500. The predicted molar refractivity (Wildman–Crippen MR) is 204 cm³/mol. The van der Waals surface area contributed by atoms with Crippen LogP contribution in [0.5, 0.6) is 34.5 Å². The molecule has 0 spiro atoms. The minimum absolute atomic E-state index is 0.00307. The van der Waals surface area contributed by atoms with E-state index in [1.807, 2.05) is 42.5 Å². The molecule has 0 fully saturated rings. The Balaban J connectivity index is 1.82. The summed E-state index contributed by atoms with van der Waals surface area (Å²) in [5, 5.41) is 11.3. The molecule has 0 saturated carbocycles. The van der Waals surface area contributed by atoms with Gasteiger partial charge in [-0.1, -0.05) is 55.4 Å². The smallest absolute Gasteiger partial charge is 0.167 e. The van der Waals surface area contributed by atoms with Crippen LogP contribution in [0.1, 0.15) is 81.1 Å². The molecule has 4 rings (SSSR count). The Morgan fingerprint density at radius 2 is 0.824 bits per heavy atom. The first-order valence-corrected chi connectivity index (χ1v) is 18.4. The number of hydrogen-bond donors (Lipinski definition) is 1. The summed E-state index contributed by atoms with van der Waals surface area (Å²) in [5.74, 6) is 6.27. The first-order chi connectivity index (χ1) is 24.4. The molecule has 0 unspecified atom stereocenters. The predicted octanol–water partition coefficient (Wildman–Crippen LogP) is 10.3. The van der Waals surface area contributed by atoms with Crippen molar-refractivity contribution in [2.45, 2.75) is 81.1 Å². The average Bonchev–Trinajstić information content (AvgIpc) is 3.07. The molecule has 0 bridgehead atoms. The summed E-state index contributed by atoms with van der Waals surface area (Å²) >= 11 is 0. The van der Waals surface area contributed by atoms with E-state index in [4.69, 9.17) is 38.6 Å². The maximum atomic E-state index is 11.3. The number of hydrogen-bond acceptors (Lipinski definition) is 9. The quantitative estimate of drug-likeness (QED) is 0.0965. The second-order valence-electron chi connectivity index (χ2n) is 14.6. The third kappa shape index (κ3) is 12.0. The molecule has 4 aromatic rings. The first-order valence-electron chi connectivity index (χ1n) is 18.4. The normalized spacial score (nSPS) is 11.5. The fourth-order valence-electron chi connectivity index (χ4n) is 5.01. The molecule has 1 aromatic heterocycles. The Morgan fingerprint density at radius 3 is 1.24 bits per heavy atom. The SMILES string of the molecule is COc1cc(OCCC(C)C)ccc1-c1nc(-c2ccc(OCCC(C)C)cc2O)nc(-c2ccc(OCCC(C)C)cc2OCCC(C)C)n1. The van der Waals surface area contributed by atoms with Crippen molar-refractivity contribution < 1.29 is 28.8 Å². The van der Waals surface area contributed by atoms with Crippen LogP contribution in [-0.2, 0) is 0 Å². The monoisotopic (exact) mass is 699 g/mol. The number of nitrogens with zero attached hydrogens (tertiary/aromatic N) is 3. The van der Waals surface area contributed by atoms with Gasteiger partial charge in [-0.05, 0) is 85.8 Å². The highest BCUT2D eigenvalue weighted by molar-refractivity contribution is 5.75. The van der Waals surface area contributed by atoms with Gasteiger partial charge in [-0.3, -0.25) is 0 Å². The summed E-state index contributed by atoms with van der Waals surface area (Å²) in [7, 11) is 1.61. The largest absolute Gasteiger partial charge is 0.507 e. The summed E-state index contributed by atoms with van der Waals surface area (Å²) in [6, 6.07) is 16.6. The molecule has 9 heteroatoms.